The third-order valence-corrected chi connectivity index (χ3v) is 4.27. The van der Waals surface area contributed by atoms with E-state index in [0.717, 1.165) is 0 Å². The van der Waals surface area contributed by atoms with Crippen LogP contribution in [-0.4, -0.2) is 47.9 Å². The molecule has 0 radical (unpaired) electrons. The molecule has 1 aliphatic heterocycles. The first-order valence-corrected chi connectivity index (χ1v) is 8.25. The minimum atomic E-state index is -0.549. The molecule has 0 atom stereocenters. The van der Waals surface area contributed by atoms with Crippen LogP contribution in [0.1, 0.15) is 37.0 Å². The molecular weight excluding hydrogens is 326 g/mol. The minimum absolute atomic E-state index is 0.0414. The predicted molar refractivity (Wildman–Crippen MR) is 91.6 cm³/mol. The van der Waals surface area contributed by atoms with Crippen LogP contribution >= 0.6 is 0 Å². The summed E-state index contributed by atoms with van der Waals surface area (Å²) in [5.41, 5.74) is -0.0271. The number of hydrogen-bond donors (Lipinski definition) is 1. The highest BCUT2D eigenvalue weighted by atomic mass is 16.6. The van der Waals surface area contributed by atoms with Gasteiger partial charge in [-0.1, -0.05) is 13.8 Å². The highest BCUT2D eigenvalue weighted by molar-refractivity contribution is 5.97. The SMILES string of the molecule is COc1ccc([N+](=O)[O-])cc1C(=O)NC1CCN(C(=O)C(C)C)CC1. The number of nitrogens with one attached hydrogen (secondary N) is 1. The lowest BCUT2D eigenvalue weighted by Gasteiger charge is -2.33. The lowest BCUT2D eigenvalue weighted by atomic mass is 10.0. The molecule has 1 aromatic rings. The number of carbonyl (C=O) groups excluding carboxylic acids is 2. The van der Waals surface area contributed by atoms with Gasteiger partial charge in [0.2, 0.25) is 5.91 Å². The molecule has 2 rings (SSSR count). The fourth-order valence-corrected chi connectivity index (χ4v) is 2.86. The van der Waals surface area contributed by atoms with Crippen molar-refractivity contribution in [1.29, 1.82) is 0 Å². The van der Waals surface area contributed by atoms with Crippen LogP contribution in [0.25, 0.3) is 0 Å². The van der Waals surface area contributed by atoms with Gasteiger partial charge in [-0.25, -0.2) is 0 Å². The Morgan fingerprint density at radius 2 is 1.96 bits per heavy atom. The third-order valence-electron chi connectivity index (χ3n) is 4.27. The summed E-state index contributed by atoms with van der Waals surface area (Å²) in [6.45, 7) is 4.91. The smallest absolute Gasteiger partial charge is 0.270 e. The number of hydrogen-bond acceptors (Lipinski definition) is 5. The van der Waals surface area contributed by atoms with Crippen molar-refractivity contribution in [2.45, 2.75) is 32.7 Å². The molecule has 0 saturated carbocycles. The Kier molecular flexibility index (Phi) is 5.95. The zero-order valence-electron chi connectivity index (χ0n) is 14.7. The predicted octanol–water partition coefficient (Wildman–Crippen LogP) is 1.98. The van der Waals surface area contributed by atoms with Crippen LogP contribution in [0.3, 0.4) is 0 Å². The molecule has 0 unspecified atom stereocenters. The summed E-state index contributed by atoms with van der Waals surface area (Å²) in [4.78, 5) is 36.7. The second-order valence-corrected chi connectivity index (χ2v) is 6.37. The second kappa shape index (κ2) is 7.96. The molecule has 1 heterocycles. The second-order valence-electron chi connectivity index (χ2n) is 6.37. The van der Waals surface area contributed by atoms with Gasteiger partial charge in [0.25, 0.3) is 11.6 Å². The van der Waals surface area contributed by atoms with E-state index in [4.69, 9.17) is 4.74 Å². The number of rotatable bonds is 5. The largest absolute Gasteiger partial charge is 0.496 e. The van der Waals surface area contributed by atoms with Gasteiger partial charge in [-0.2, -0.15) is 0 Å². The summed E-state index contributed by atoms with van der Waals surface area (Å²) in [5, 5.41) is 13.8. The molecule has 1 N–H and O–H groups in total. The Labute approximate surface area is 146 Å². The van der Waals surface area contributed by atoms with E-state index in [1.54, 1.807) is 4.90 Å². The number of nitro benzene ring substituents is 1. The number of nitrogens with zero attached hydrogens (tertiary/aromatic N) is 2. The molecule has 0 aromatic heterocycles. The lowest BCUT2D eigenvalue weighted by molar-refractivity contribution is -0.384. The van der Waals surface area contributed by atoms with Crippen molar-refractivity contribution in [2.75, 3.05) is 20.2 Å². The maximum absolute atomic E-state index is 12.5. The first kappa shape index (κ1) is 18.7. The quantitative estimate of drug-likeness (QED) is 0.647. The molecule has 2 amide bonds. The fourth-order valence-electron chi connectivity index (χ4n) is 2.86. The minimum Gasteiger partial charge on any atom is -0.496 e. The molecule has 8 heteroatoms. The van der Waals surface area contributed by atoms with Crippen molar-refractivity contribution in [2.24, 2.45) is 5.92 Å². The molecule has 25 heavy (non-hydrogen) atoms. The van der Waals surface area contributed by atoms with Gasteiger partial charge >= 0.3 is 0 Å². The average Bonchev–Trinajstić information content (AvgIpc) is 2.60. The summed E-state index contributed by atoms with van der Waals surface area (Å²) in [7, 11) is 1.41. The van der Waals surface area contributed by atoms with Crippen molar-refractivity contribution in [1.82, 2.24) is 10.2 Å². The standard InChI is InChI=1S/C17H23N3O5/c1-11(2)17(22)19-8-6-12(7-9-19)18-16(21)14-10-13(20(23)24)4-5-15(14)25-3/h4-5,10-12H,6-9H2,1-3H3,(H,18,21). The first-order chi connectivity index (χ1) is 11.8. The highest BCUT2D eigenvalue weighted by Gasteiger charge is 2.26. The third kappa shape index (κ3) is 4.46. The van der Waals surface area contributed by atoms with Gasteiger partial charge in [0, 0.05) is 37.2 Å². The molecule has 0 bridgehead atoms. The Bertz CT molecular complexity index is 666. The molecule has 1 fully saturated rings. The number of piperidine rings is 1. The van der Waals surface area contributed by atoms with Gasteiger partial charge < -0.3 is 15.0 Å². The van der Waals surface area contributed by atoms with Crippen molar-refractivity contribution in [3.05, 3.63) is 33.9 Å². The van der Waals surface area contributed by atoms with E-state index in [2.05, 4.69) is 5.32 Å². The Balaban J connectivity index is 2.02. The van der Waals surface area contributed by atoms with E-state index in [1.165, 1.54) is 25.3 Å². The molecule has 1 aromatic carbocycles. The van der Waals surface area contributed by atoms with Crippen LogP contribution in [-0.2, 0) is 4.79 Å². The topological polar surface area (TPSA) is 102 Å². The van der Waals surface area contributed by atoms with Crippen LogP contribution in [0.5, 0.6) is 5.75 Å². The maximum atomic E-state index is 12.5. The molecule has 1 aliphatic rings. The highest BCUT2D eigenvalue weighted by Crippen LogP contribution is 2.24. The Morgan fingerprint density at radius 1 is 1.32 bits per heavy atom. The number of nitro groups is 1. The molecule has 8 nitrogen and oxygen atoms in total. The van der Waals surface area contributed by atoms with Gasteiger partial charge in [-0.3, -0.25) is 19.7 Å². The van der Waals surface area contributed by atoms with Crippen LogP contribution in [0.15, 0.2) is 18.2 Å². The molecule has 1 saturated heterocycles. The first-order valence-electron chi connectivity index (χ1n) is 8.25. The summed E-state index contributed by atoms with van der Waals surface area (Å²) in [5.74, 6) is -0.0462. The zero-order chi connectivity index (χ0) is 18.6. The number of benzene rings is 1. The molecule has 136 valence electrons. The molecule has 0 aliphatic carbocycles. The van der Waals surface area contributed by atoms with Gasteiger partial charge in [0.15, 0.2) is 0 Å². The average molecular weight is 349 g/mol. The molecular formula is C17H23N3O5. The van der Waals surface area contributed by atoms with Gasteiger partial charge in [0.05, 0.1) is 17.6 Å². The van der Waals surface area contributed by atoms with E-state index in [0.29, 0.717) is 25.9 Å². The number of ether oxygens (including phenoxy) is 1. The summed E-state index contributed by atoms with van der Waals surface area (Å²) in [6.07, 6.45) is 1.31. The zero-order valence-corrected chi connectivity index (χ0v) is 14.7. The summed E-state index contributed by atoms with van der Waals surface area (Å²) < 4.78 is 5.13. The van der Waals surface area contributed by atoms with Crippen molar-refractivity contribution >= 4 is 17.5 Å². The fraction of sp³-hybridized carbons (Fsp3) is 0.529. The number of carbonyl (C=O) groups is 2. The monoisotopic (exact) mass is 349 g/mol. The summed E-state index contributed by atoms with van der Waals surface area (Å²) >= 11 is 0. The number of amides is 2. The van der Waals surface area contributed by atoms with E-state index in [-0.39, 0.29) is 34.9 Å². The Morgan fingerprint density at radius 3 is 2.48 bits per heavy atom. The van der Waals surface area contributed by atoms with Crippen molar-refractivity contribution in [3.63, 3.8) is 0 Å². The maximum Gasteiger partial charge on any atom is 0.270 e. The van der Waals surface area contributed by atoms with Gasteiger partial charge in [-0.15, -0.1) is 0 Å². The van der Waals surface area contributed by atoms with Crippen LogP contribution in [0, 0.1) is 16.0 Å². The van der Waals surface area contributed by atoms with Gasteiger partial charge in [-0.05, 0) is 18.9 Å². The van der Waals surface area contributed by atoms with Crippen molar-refractivity contribution < 1.29 is 19.2 Å². The summed E-state index contributed by atoms with van der Waals surface area (Å²) in [6, 6.07) is 3.85. The Hall–Kier alpha value is -2.64. The normalized spacial score (nSPS) is 15.1. The van der Waals surface area contributed by atoms with E-state index in [1.807, 2.05) is 13.8 Å². The van der Waals surface area contributed by atoms with Crippen LogP contribution in [0.4, 0.5) is 5.69 Å². The van der Waals surface area contributed by atoms with E-state index >= 15 is 0 Å². The van der Waals surface area contributed by atoms with Crippen LogP contribution < -0.4 is 10.1 Å². The van der Waals surface area contributed by atoms with E-state index < -0.39 is 10.8 Å². The number of non-ortho nitro benzene ring substituents is 1. The van der Waals surface area contributed by atoms with Crippen molar-refractivity contribution in [3.8, 4) is 5.75 Å². The van der Waals surface area contributed by atoms with Gasteiger partial charge in [0.1, 0.15) is 5.75 Å². The lowest BCUT2D eigenvalue weighted by Crippen LogP contribution is -2.47. The van der Waals surface area contributed by atoms with E-state index in [9.17, 15) is 19.7 Å². The molecule has 0 spiro atoms. The number of likely N-dealkylation sites (tertiary alicyclic amines) is 1. The number of methoxy groups -OCH3 is 1. The van der Waals surface area contributed by atoms with Crippen LogP contribution in [0.2, 0.25) is 0 Å².